The first-order chi connectivity index (χ1) is 19.1. The van der Waals surface area contributed by atoms with Crippen molar-refractivity contribution in [1.29, 1.82) is 0 Å². The monoisotopic (exact) mass is 591 g/mol. The van der Waals surface area contributed by atoms with Crippen LogP contribution >= 0.6 is 23.2 Å². The molecule has 1 aliphatic carbocycles. The fourth-order valence-corrected chi connectivity index (χ4v) is 5.62. The van der Waals surface area contributed by atoms with Gasteiger partial charge in [-0.1, -0.05) is 63.7 Å². The quantitative estimate of drug-likeness (QED) is 0.257. The van der Waals surface area contributed by atoms with E-state index < -0.39 is 24.0 Å². The number of nitrogens with one attached hydrogen (secondary N) is 3. The van der Waals surface area contributed by atoms with Gasteiger partial charge in [0.05, 0.1) is 23.7 Å². The third kappa shape index (κ3) is 6.28. The van der Waals surface area contributed by atoms with E-state index in [1.807, 2.05) is 33.8 Å². The minimum atomic E-state index is -0.725. The molecule has 1 aromatic carbocycles. The highest BCUT2D eigenvalue weighted by molar-refractivity contribution is 6.38. The molecular formula is C28H35Cl2N5O5. The summed E-state index contributed by atoms with van der Waals surface area (Å²) in [5.74, 6) is -1.42. The second-order valence-corrected chi connectivity index (χ2v) is 11.5. The van der Waals surface area contributed by atoms with Crippen LogP contribution in [0.15, 0.2) is 16.7 Å². The summed E-state index contributed by atoms with van der Waals surface area (Å²) in [5.41, 5.74) is 2.45. The van der Waals surface area contributed by atoms with Gasteiger partial charge in [-0.15, -0.1) is 0 Å². The summed E-state index contributed by atoms with van der Waals surface area (Å²) in [5, 5.41) is 11.7. The lowest BCUT2D eigenvalue weighted by atomic mass is 9.82. The average Bonchev–Trinajstić information content (AvgIpc) is 3.56. The third-order valence-electron chi connectivity index (χ3n) is 7.81. The van der Waals surface area contributed by atoms with E-state index in [1.165, 1.54) is 7.11 Å². The van der Waals surface area contributed by atoms with Gasteiger partial charge in [-0.05, 0) is 47.5 Å². The molecule has 1 aliphatic rings. The number of amides is 2. The van der Waals surface area contributed by atoms with E-state index in [-0.39, 0.29) is 35.4 Å². The van der Waals surface area contributed by atoms with Crippen LogP contribution in [0.2, 0.25) is 10.0 Å². The van der Waals surface area contributed by atoms with Crippen LogP contribution in [0.4, 0.5) is 0 Å². The molecule has 0 radical (unpaired) electrons. The summed E-state index contributed by atoms with van der Waals surface area (Å²) in [6.45, 7) is 8.01. The molecule has 12 heteroatoms. The molecule has 0 spiro atoms. The topological polar surface area (TPSA) is 139 Å². The van der Waals surface area contributed by atoms with Crippen LogP contribution in [0, 0.1) is 17.8 Å². The Labute approximate surface area is 242 Å². The van der Waals surface area contributed by atoms with Crippen LogP contribution in [0.5, 0.6) is 0 Å². The summed E-state index contributed by atoms with van der Waals surface area (Å²) in [4.78, 5) is 46.2. The molecule has 3 N–H and O–H groups in total. The lowest BCUT2D eigenvalue weighted by Gasteiger charge is -2.31. The minimum absolute atomic E-state index is 0.0641. The lowest BCUT2D eigenvalue weighted by Crippen LogP contribution is -2.42. The van der Waals surface area contributed by atoms with Crippen molar-refractivity contribution in [2.24, 2.45) is 17.8 Å². The van der Waals surface area contributed by atoms with E-state index >= 15 is 0 Å². The lowest BCUT2D eigenvalue weighted by molar-refractivity contribution is -0.128. The first kappa shape index (κ1) is 29.9. The molecule has 0 fully saturated rings. The highest BCUT2D eigenvalue weighted by Gasteiger charge is 2.37. The highest BCUT2D eigenvalue weighted by Crippen LogP contribution is 2.41. The maximum Gasteiger partial charge on any atom is 0.379 e. The number of rotatable bonds is 10. The first-order valence-electron chi connectivity index (χ1n) is 13.6. The molecule has 40 heavy (non-hydrogen) atoms. The van der Waals surface area contributed by atoms with E-state index in [0.29, 0.717) is 35.7 Å². The number of nitrogens with zero attached hydrogens (tertiary/aromatic N) is 2. The van der Waals surface area contributed by atoms with Crippen molar-refractivity contribution in [3.63, 3.8) is 0 Å². The molecule has 2 aromatic heterocycles. The Balaban J connectivity index is 1.65. The summed E-state index contributed by atoms with van der Waals surface area (Å²) in [6, 6.07) is 2.45. The molecule has 3 aromatic rings. The number of H-pyrrole nitrogens is 1. The van der Waals surface area contributed by atoms with E-state index in [9.17, 15) is 14.4 Å². The number of ether oxygens (including phenoxy) is 1. The number of halogens is 2. The predicted octanol–water partition coefficient (Wildman–Crippen LogP) is 5.70. The average molecular weight is 593 g/mol. The number of carbonyl (C=O) groups is 3. The van der Waals surface area contributed by atoms with E-state index in [2.05, 4.69) is 30.5 Å². The Hall–Kier alpha value is -3.11. The summed E-state index contributed by atoms with van der Waals surface area (Å²) < 4.78 is 10.0. The summed E-state index contributed by atoms with van der Waals surface area (Å²) >= 11 is 12.8. The van der Waals surface area contributed by atoms with Gasteiger partial charge >= 0.3 is 5.97 Å². The molecule has 0 bridgehead atoms. The molecule has 2 amide bonds. The number of aromatic nitrogens is 3. The summed E-state index contributed by atoms with van der Waals surface area (Å²) in [6.07, 6.45) is 2.79. The largest absolute Gasteiger partial charge is 0.463 e. The molecule has 4 unspecified atom stereocenters. The van der Waals surface area contributed by atoms with Gasteiger partial charge in [-0.3, -0.25) is 9.59 Å². The molecular weight excluding hydrogens is 557 g/mol. The molecule has 216 valence electrons. The molecule has 4 rings (SSSR count). The van der Waals surface area contributed by atoms with Gasteiger partial charge in [0.25, 0.3) is 5.82 Å². The smallest absolute Gasteiger partial charge is 0.379 e. The van der Waals surface area contributed by atoms with Crippen LogP contribution in [0.25, 0.3) is 10.9 Å². The zero-order valence-electron chi connectivity index (χ0n) is 23.3. The fourth-order valence-electron chi connectivity index (χ4n) is 5.08. The SMILES string of the molecule is CCC(C)CC(=O)NC1CC(C(=O)N[C@H](c2nc(C(=O)OC)no2)C(C)CC)Cc2c1[nH]c1c(Cl)cc(Cl)cc21. The number of methoxy groups -OCH3 is 1. The maximum absolute atomic E-state index is 13.8. The molecule has 0 saturated carbocycles. The van der Waals surface area contributed by atoms with Crippen molar-refractivity contribution in [3.05, 3.63) is 45.2 Å². The van der Waals surface area contributed by atoms with Crippen LogP contribution in [-0.2, 0) is 20.7 Å². The first-order valence-corrected chi connectivity index (χ1v) is 14.3. The second kappa shape index (κ2) is 12.6. The Kier molecular flexibility index (Phi) is 9.41. The number of benzene rings is 1. The zero-order valence-corrected chi connectivity index (χ0v) is 24.8. The van der Waals surface area contributed by atoms with E-state index in [4.69, 9.17) is 27.7 Å². The number of hydrogen-bond acceptors (Lipinski definition) is 7. The standard InChI is InChI=1S/C28H35Cl2N5O5/c1-6-13(3)8-21(36)31-20-10-15(9-17-18-11-16(29)12-19(30)23(18)32-24(17)20)26(37)33-22(14(4)7-2)27-34-25(35-40-27)28(38)39-5/h11-15,20,22,32H,6-10H2,1-5H3,(H,31,36)(H,33,37)/t13?,14?,15?,20?,22-/m0/s1. The van der Waals surface area contributed by atoms with Crippen molar-refractivity contribution in [2.75, 3.05) is 7.11 Å². The Morgan fingerprint density at radius 3 is 2.62 bits per heavy atom. The van der Waals surface area contributed by atoms with Gasteiger partial charge in [0.1, 0.15) is 6.04 Å². The van der Waals surface area contributed by atoms with Gasteiger partial charge < -0.3 is 24.9 Å². The van der Waals surface area contributed by atoms with Crippen LogP contribution in [0.1, 0.15) is 93.2 Å². The molecule has 0 aliphatic heterocycles. The minimum Gasteiger partial charge on any atom is -0.463 e. The van der Waals surface area contributed by atoms with Crippen molar-refractivity contribution < 1.29 is 23.6 Å². The maximum atomic E-state index is 13.8. The van der Waals surface area contributed by atoms with Crippen LogP contribution < -0.4 is 10.6 Å². The van der Waals surface area contributed by atoms with Gasteiger partial charge in [-0.2, -0.15) is 4.98 Å². The number of hydrogen-bond donors (Lipinski definition) is 3. The zero-order chi connectivity index (χ0) is 29.1. The Morgan fingerprint density at radius 1 is 1.20 bits per heavy atom. The van der Waals surface area contributed by atoms with E-state index in [1.54, 1.807) is 6.07 Å². The number of fused-ring (bicyclic) bond motifs is 3. The molecule has 5 atom stereocenters. The summed E-state index contributed by atoms with van der Waals surface area (Å²) in [7, 11) is 1.23. The second-order valence-electron chi connectivity index (χ2n) is 10.6. The molecule has 0 saturated heterocycles. The Bertz CT molecular complexity index is 1400. The number of carbonyl (C=O) groups excluding carboxylic acids is 3. The van der Waals surface area contributed by atoms with Crippen molar-refractivity contribution >= 4 is 51.9 Å². The van der Waals surface area contributed by atoms with Crippen molar-refractivity contribution in [3.8, 4) is 0 Å². The highest BCUT2D eigenvalue weighted by atomic mass is 35.5. The molecule has 2 heterocycles. The van der Waals surface area contributed by atoms with Crippen LogP contribution in [0.3, 0.4) is 0 Å². The number of esters is 1. The fraction of sp³-hybridized carbons (Fsp3) is 0.536. The normalized spacial score (nSPS) is 19.0. The number of aromatic amines is 1. The Morgan fingerprint density at radius 2 is 1.95 bits per heavy atom. The van der Waals surface area contributed by atoms with E-state index in [0.717, 1.165) is 28.6 Å². The van der Waals surface area contributed by atoms with Crippen LogP contribution in [-0.4, -0.2) is 40.0 Å². The van der Waals surface area contributed by atoms with Gasteiger partial charge in [0.2, 0.25) is 17.7 Å². The van der Waals surface area contributed by atoms with Crippen molar-refractivity contribution in [1.82, 2.24) is 25.8 Å². The van der Waals surface area contributed by atoms with Crippen molar-refractivity contribution in [2.45, 2.75) is 71.9 Å². The van der Waals surface area contributed by atoms with Gasteiger partial charge in [0.15, 0.2) is 0 Å². The third-order valence-corrected chi connectivity index (χ3v) is 8.32. The van der Waals surface area contributed by atoms with Gasteiger partial charge in [-0.25, -0.2) is 4.79 Å². The predicted molar refractivity (Wildman–Crippen MR) is 151 cm³/mol. The molecule has 10 nitrogen and oxygen atoms in total. The van der Waals surface area contributed by atoms with Gasteiger partial charge in [0, 0.05) is 28.4 Å².